The molecule has 0 radical (unpaired) electrons. The van der Waals surface area contributed by atoms with Crippen LogP contribution in [-0.4, -0.2) is 64.9 Å². The highest BCUT2D eigenvalue weighted by Crippen LogP contribution is 2.40. The number of amides is 4. The molecule has 1 N–H and O–H groups in total. The molecule has 28 heavy (non-hydrogen) atoms. The zero-order chi connectivity index (χ0) is 19.9. The Morgan fingerprint density at radius 1 is 1.11 bits per heavy atom. The lowest BCUT2D eigenvalue weighted by atomic mass is 9.82. The highest BCUT2D eigenvalue weighted by Gasteiger charge is 2.53. The minimum atomic E-state index is -0.838. The van der Waals surface area contributed by atoms with E-state index >= 15 is 0 Å². The number of hydrogen-bond donors (Lipinski definition) is 1. The summed E-state index contributed by atoms with van der Waals surface area (Å²) in [6, 6.07) is -1.11. The first-order valence-corrected chi connectivity index (χ1v) is 10.5. The van der Waals surface area contributed by atoms with Crippen LogP contribution in [0, 0.1) is 5.92 Å². The third kappa shape index (κ3) is 3.06. The van der Waals surface area contributed by atoms with Crippen molar-refractivity contribution in [3.63, 3.8) is 0 Å². The third-order valence-corrected chi connectivity index (χ3v) is 7.10. The Bertz CT molecular complexity index is 687. The molecule has 4 amide bonds. The van der Waals surface area contributed by atoms with Crippen LogP contribution in [0.2, 0.25) is 0 Å². The van der Waals surface area contributed by atoms with Gasteiger partial charge in [-0.3, -0.25) is 14.5 Å². The van der Waals surface area contributed by atoms with Gasteiger partial charge in [0.2, 0.25) is 5.91 Å². The average Bonchev–Trinajstić information content (AvgIpc) is 3.19. The lowest BCUT2D eigenvalue weighted by molar-refractivity contribution is -0.153. The van der Waals surface area contributed by atoms with Gasteiger partial charge in [-0.1, -0.05) is 32.1 Å². The summed E-state index contributed by atoms with van der Waals surface area (Å²) in [4.78, 5) is 53.6. The second kappa shape index (κ2) is 7.37. The van der Waals surface area contributed by atoms with Gasteiger partial charge in [-0.2, -0.15) is 0 Å². The molecule has 4 aliphatic rings. The Balaban J connectivity index is 1.52. The molecule has 8 heteroatoms. The molecular formula is C20H29N3O5. The molecule has 4 fully saturated rings. The van der Waals surface area contributed by atoms with Crippen molar-refractivity contribution in [2.24, 2.45) is 5.92 Å². The summed E-state index contributed by atoms with van der Waals surface area (Å²) in [6.07, 6.45) is 8.68. The lowest BCUT2D eigenvalue weighted by Crippen LogP contribution is -2.52. The number of rotatable bonds is 3. The van der Waals surface area contributed by atoms with Gasteiger partial charge >= 0.3 is 12.0 Å². The highest BCUT2D eigenvalue weighted by molar-refractivity contribution is 6.09. The van der Waals surface area contributed by atoms with Gasteiger partial charge in [0.05, 0.1) is 7.11 Å². The number of carbonyl (C=O) groups is 4. The number of fused-ring (bicyclic) bond motifs is 1. The number of nitrogens with zero attached hydrogens (tertiary/aromatic N) is 2. The van der Waals surface area contributed by atoms with E-state index < -0.39 is 23.6 Å². The molecule has 8 nitrogen and oxygen atoms in total. The zero-order valence-electron chi connectivity index (χ0n) is 16.4. The number of imide groups is 1. The van der Waals surface area contributed by atoms with E-state index in [1.807, 2.05) is 0 Å². The first-order chi connectivity index (χ1) is 13.5. The number of esters is 1. The molecule has 4 rings (SSSR count). The van der Waals surface area contributed by atoms with Crippen molar-refractivity contribution >= 4 is 23.8 Å². The molecule has 154 valence electrons. The van der Waals surface area contributed by atoms with Crippen molar-refractivity contribution in [2.45, 2.75) is 81.8 Å². The summed E-state index contributed by atoms with van der Waals surface area (Å²) in [5, 5.41) is 2.84. The minimum Gasteiger partial charge on any atom is -0.467 e. The normalized spacial score (nSPS) is 31.7. The second-order valence-corrected chi connectivity index (χ2v) is 8.65. The predicted octanol–water partition coefficient (Wildman–Crippen LogP) is 1.57. The average molecular weight is 391 g/mol. The number of carbonyl (C=O) groups excluding carboxylic acids is 4. The molecule has 0 aromatic heterocycles. The Morgan fingerprint density at radius 3 is 2.54 bits per heavy atom. The molecular weight excluding hydrogens is 362 g/mol. The van der Waals surface area contributed by atoms with Crippen molar-refractivity contribution < 1.29 is 23.9 Å². The number of hydrogen-bond acceptors (Lipinski definition) is 5. The van der Waals surface area contributed by atoms with E-state index in [9.17, 15) is 19.2 Å². The first kappa shape index (κ1) is 19.2. The molecule has 0 bridgehead atoms. The van der Waals surface area contributed by atoms with E-state index in [1.165, 1.54) is 7.11 Å². The van der Waals surface area contributed by atoms with E-state index in [2.05, 4.69) is 5.32 Å². The van der Waals surface area contributed by atoms with Crippen LogP contribution in [0.5, 0.6) is 0 Å². The van der Waals surface area contributed by atoms with Gasteiger partial charge in [0, 0.05) is 6.04 Å². The van der Waals surface area contributed by atoms with Crippen LogP contribution in [0.3, 0.4) is 0 Å². The summed E-state index contributed by atoms with van der Waals surface area (Å²) in [5.41, 5.74) is -0.838. The summed E-state index contributed by atoms with van der Waals surface area (Å²) in [7, 11) is 1.33. The maximum atomic E-state index is 13.2. The molecule has 3 unspecified atom stereocenters. The maximum Gasteiger partial charge on any atom is 0.328 e. The fraction of sp³-hybridized carbons (Fsp3) is 0.800. The number of likely N-dealkylation sites (tertiary alicyclic amines) is 1. The van der Waals surface area contributed by atoms with Gasteiger partial charge in [0.15, 0.2) is 0 Å². The van der Waals surface area contributed by atoms with Crippen LogP contribution >= 0.6 is 0 Å². The first-order valence-electron chi connectivity index (χ1n) is 10.5. The van der Waals surface area contributed by atoms with Crippen LogP contribution in [0.4, 0.5) is 4.79 Å². The largest absolute Gasteiger partial charge is 0.467 e. The Morgan fingerprint density at radius 2 is 1.82 bits per heavy atom. The molecule has 2 aliphatic heterocycles. The van der Waals surface area contributed by atoms with E-state index in [-0.39, 0.29) is 30.3 Å². The fourth-order valence-corrected chi connectivity index (χ4v) is 5.70. The fourth-order valence-electron chi connectivity index (χ4n) is 5.70. The zero-order valence-corrected chi connectivity index (χ0v) is 16.4. The van der Waals surface area contributed by atoms with Crippen LogP contribution < -0.4 is 5.32 Å². The van der Waals surface area contributed by atoms with Crippen LogP contribution in [0.25, 0.3) is 0 Å². The Labute approximate surface area is 164 Å². The standard InChI is InChI=1S/C20H29N3O5/c1-28-17(25)15-11-13-7-3-4-8-14(13)23(15)16(24)12-22-18(26)20(21-19(22)27)9-5-2-6-10-20/h13-15H,2-12H2,1H3,(H,21,27). The van der Waals surface area contributed by atoms with Crippen LogP contribution in [-0.2, 0) is 19.1 Å². The quantitative estimate of drug-likeness (QED) is 0.582. The van der Waals surface area contributed by atoms with E-state index in [0.717, 1.165) is 49.8 Å². The van der Waals surface area contributed by atoms with Crippen molar-refractivity contribution in [1.29, 1.82) is 0 Å². The van der Waals surface area contributed by atoms with Crippen LogP contribution in [0.15, 0.2) is 0 Å². The Hall–Kier alpha value is -2.12. The second-order valence-electron chi connectivity index (χ2n) is 8.65. The third-order valence-electron chi connectivity index (χ3n) is 7.10. The van der Waals surface area contributed by atoms with Crippen molar-refractivity contribution in [1.82, 2.24) is 15.1 Å². The summed E-state index contributed by atoms with van der Waals surface area (Å²) < 4.78 is 4.93. The number of urea groups is 1. The van der Waals surface area contributed by atoms with E-state index in [4.69, 9.17) is 4.74 Å². The monoisotopic (exact) mass is 391 g/mol. The summed E-state index contributed by atoms with van der Waals surface area (Å²) in [5.74, 6) is -0.751. The number of nitrogens with one attached hydrogen (secondary N) is 1. The maximum absolute atomic E-state index is 13.2. The summed E-state index contributed by atoms with van der Waals surface area (Å²) >= 11 is 0. The van der Waals surface area contributed by atoms with E-state index in [1.54, 1.807) is 4.90 Å². The lowest BCUT2D eigenvalue weighted by Gasteiger charge is -2.34. The molecule has 1 spiro atoms. The van der Waals surface area contributed by atoms with E-state index in [0.29, 0.717) is 19.3 Å². The highest BCUT2D eigenvalue weighted by atomic mass is 16.5. The molecule has 2 aliphatic carbocycles. The SMILES string of the molecule is COC(=O)C1CC2CCCCC2N1C(=O)CN1C(=O)NC2(CCCCC2)C1=O. The Kier molecular flexibility index (Phi) is 5.05. The van der Waals surface area contributed by atoms with Crippen molar-refractivity contribution in [3.8, 4) is 0 Å². The van der Waals surface area contributed by atoms with Gasteiger partial charge in [0.1, 0.15) is 18.1 Å². The predicted molar refractivity (Wildman–Crippen MR) is 99.1 cm³/mol. The smallest absolute Gasteiger partial charge is 0.328 e. The van der Waals surface area contributed by atoms with Gasteiger partial charge < -0.3 is 15.0 Å². The number of ether oxygens (including phenoxy) is 1. The molecule has 0 aromatic rings. The number of methoxy groups -OCH3 is 1. The van der Waals surface area contributed by atoms with Gasteiger partial charge in [-0.15, -0.1) is 0 Å². The molecule has 2 heterocycles. The van der Waals surface area contributed by atoms with Gasteiger partial charge in [-0.05, 0) is 38.0 Å². The van der Waals surface area contributed by atoms with Crippen molar-refractivity contribution in [3.05, 3.63) is 0 Å². The molecule has 3 atom stereocenters. The van der Waals surface area contributed by atoms with Crippen LogP contribution in [0.1, 0.15) is 64.2 Å². The molecule has 2 saturated heterocycles. The molecule has 2 saturated carbocycles. The molecule has 0 aromatic carbocycles. The van der Waals surface area contributed by atoms with Gasteiger partial charge in [0.25, 0.3) is 5.91 Å². The minimum absolute atomic E-state index is 0.00485. The van der Waals surface area contributed by atoms with Gasteiger partial charge in [-0.25, -0.2) is 9.59 Å². The van der Waals surface area contributed by atoms with Crippen molar-refractivity contribution in [2.75, 3.05) is 13.7 Å². The topological polar surface area (TPSA) is 96.0 Å². The summed E-state index contributed by atoms with van der Waals surface area (Å²) in [6.45, 7) is -0.302.